The number of phenolic OH excluding ortho intramolecular Hbond substituents is 1. The molecule has 1 aliphatic heterocycles. The number of fused-ring (bicyclic) bond motifs is 1. The number of phenols is 1. The SMILES string of the molecule is COC(=O)c1ccc2c(c1O)CN(C1CCCCC1)CO2. The topological polar surface area (TPSA) is 59.0 Å². The number of hydrogen-bond acceptors (Lipinski definition) is 5. The van der Waals surface area contributed by atoms with E-state index in [-0.39, 0.29) is 11.3 Å². The zero-order valence-corrected chi connectivity index (χ0v) is 12.3. The fourth-order valence-electron chi connectivity index (χ4n) is 3.26. The van der Waals surface area contributed by atoms with Gasteiger partial charge in [0.2, 0.25) is 0 Å². The van der Waals surface area contributed by atoms with Crippen molar-refractivity contribution in [2.75, 3.05) is 13.8 Å². The van der Waals surface area contributed by atoms with Crippen LogP contribution in [0.4, 0.5) is 0 Å². The predicted octanol–water partition coefficient (Wildman–Crippen LogP) is 2.66. The maximum absolute atomic E-state index is 11.7. The van der Waals surface area contributed by atoms with E-state index in [2.05, 4.69) is 4.90 Å². The Labute approximate surface area is 124 Å². The van der Waals surface area contributed by atoms with E-state index in [4.69, 9.17) is 9.47 Å². The number of carbonyl (C=O) groups is 1. The molecule has 2 aliphatic rings. The van der Waals surface area contributed by atoms with Gasteiger partial charge in [-0.3, -0.25) is 4.90 Å². The number of nitrogens with zero attached hydrogens (tertiary/aromatic N) is 1. The lowest BCUT2D eigenvalue weighted by molar-refractivity contribution is 0.0388. The number of methoxy groups -OCH3 is 1. The fraction of sp³-hybridized carbons (Fsp3) is 0.562. The van der Waals surface area contributed by atoms with Gasteiger partial charge in [0, 0.05) is 12.6 Å². The van der Waals surface area contributed by atoms with E-state index in [0.29, 0.717) is 30.6 Å². The third-order valence-electron chi connectivity index (χ3n) is 4.48. The Morgan fingerprint density at radius 1 is 1.33 bits per heavy atom. The molecule has 0 aromatic heterocycles. The molecule has 1 heterocycles. The number of ether oxygens (including phenoxy) is 2. The largest absolute Gasteiger partial charge is 0.507 e. The summed E-state index contributed by atoms with van der Waals surface area (Å²) in [6, 6.07) is 3.79. The second-order valence-electron chi connectivity index (χ2n) is 5.74. The van der Waals surface area contributed by atoms with E-state index in [9.17, 15) is 9.90 Å². The van der Waals surface area contributed by atoms with Crippen molar-refractivity contribution in [3.8, 4) is 11.5 Å². The monoisotopic (exact) mass is 291 g/mol. The maximum Gasteiger partial charge on any atom is 0.341 e. The molecule has 1 fully saturated rings. The highest BCUT2D eigenvalue weighted by atomic mass is 16.5. The molecule has 5 heteroatoms. The van der Waals surface area contributed by atoms with E-state index < -0.39 is 5.97 Å². The van der Waals surface area contributed by atoms with Crippen LogP contribution in [-0.4, -0.2) is 35.9 Å². The van der Waals surface area contributed by atoms with Crippen LogP contribution in [0.3, 0.4) is 0 Å². The van der Waals surface area contributed by atoms with Crippen molar-refractivity contribution in [2.45, 2.75) is 44.7 Å². The molecule has 1 aromatic carbocycles. The lowest BCUT2D eigenvalue weighted by Crippen LogP contribution is -2.41. The van der Waals surface area contributed by atoms with Crippen molar-refractivity contribution in [1.29, 1.82) is 0 Å². The Hall–Kier alpha value is -1.75. The van der Waals surface area contributed by atoms with Gasteiger partial charge in [-0.1, -0.05) is 19.3 Å². The standard InChI is InChI=1S/C16H21NO4/c1-20-16(19)12-7-8-14-13(15(12)18)9-17(10-21-14)11-5-3-2-4-6-11/h7-8,11,18H,2-6,9-10H2,1H3. The number of benzene rings is 1. The summed E-state index contributed by atoms with van der Waals surface area (Å²) in [5, 5.41) is 10.3. The third kappa shape index (κ3) is 2.70. The van der Waals surface area contributed by atoms with Gasteiger partial charge >= 0.3 is 5.97 Å². The number of aromatic hydroxyl groups is 1. The van der Waals surface area contributed by atoms with Gasteiger partial charge in [-0.15, -0.1) is 0 Å². The highest BCUT2D eigenvalue weighted by Crippen LogP contribution is 2.37. The quantitative estimate of drug-likeness (QED) is 0.849. The van der Waals surface area contributed by atoms with Gasteiger partial charge in [-0.2, -0.15) is 0 Å². The van der Waals surface area contributed by atoms with Gasteiger partial charge in [0.1, 0.15) is 23.8 Å². The lowest BCUT2D eigenvalue weighted by atomic mass is 9.93. The van der Waals surface area contributed by atoms with Crippen molar-refractivity contribution >= 4 is 5.97 Å². The molecule has 5 nitrogen and oxygen atoms in total. The van der Waals surface area contributed by atoms with Crippen molar-refractivity contribution in [3.63, 3.8) is 0 Å². The number of hydrogen-bond donors (Lipinski definition) is 1. The van der Waals surface area contributed by atoms with Crippen LogP contribution in [0.15, 0.2) is 12.1 Å². The molecule has 0 spiro atoms. The minimum atomic E-state index is -0.523. The molecular weight excluding hydrogens is 270 g/mol. The Morgan fingerprint density at radius 2 is 2.10 bits per heavy atom. The molecule has 0 amide bonds. The van der Waals surface area contributed by atoms with E-state index in [1.807, 2.05) is 0 Å². The minimum Gasteiger partial charge on any atom is -0.507 e. The Balaban J connectivity index is 1.84. The molecule has 0 bridgehead atoms. The van der Waals surface area contributed by atoms with Crippen LogP contribution in [-0.2, 0) is 11.3 Å². The van der Waals surface area contributed by atoms with Crippen molar-refractivity contribution in [1.82, 2.24) is 4.90 Å². The van der Waals surface area contributed by atoms with Crippen molar-refractivity contribution in [3.05, 3.63) is 23.3 Å². The summed E-state index contributed by atoms with van der Waals surface area (Å²) in [5.41, 5.74) is 0.889. The van der Waals surface area contributed by atoms with Crippen LogP contribution in [0.25, 0.3) is 0 Å². The van der Waals surface area contributed by atoms with Crippen LogP contribution in [0.2, 0.25) is 0 Å². The Kier molecular flexibility index (Phi) is 4.01. The molecule has 0 atom stereocenters. The molecular formula is C16H21NO4. The predicted molar refractivity (Wildman–Crippen MR) is 77.4 cm³/mol. The molecule has 21 heavy (non-hydrogen) atoms. The second kappa shape index (κ2) is 5.93. The first-order chi connectivity index (χ1) is 10.2. The molecule has 0 saturated heterocycles. The number of rotatable bonds is 2. The van der Waals surface area contributed by atoms with E-state index in [0.717, 1.165) is 0 Å². The van der Waals surface area contributed by atoms with Crippen LogP contribution in [0, 0.1) is 0 Å². The zero-order valence-electron chi connectivity index (χ0n) is 12.3. The third-order valence-corrected chi connectivity index (χ3v) is 4.48. The highest BCUT2D eigenvalue weighted by Gasteiger charge is 2.29. The summed E-state index contributed by atoms with van der Waals surface area (Å²) in [7, 11) is 1.31. The Bertz CT molecular complexity index is 537. The average Bonchev–Trinajstić information content (AvgIpc) is 2.55. The van der Waals surface area contributed by atoms with E-state index in [1.165, 1.54) is 39.2 Å². The van der Waals surface area contributed by atoms with Crippen molar-refractivity contribution < 1.29 is 19.4 Å². The van der Waals surface area contributed by atoms with Crippen molar-refractivity contribution in [2.24, 2.45) is 0 Å². The first-order valence-corrected chi connectivity index (χ1v) is 7.50. The molecule has 1 N–H and O–H groups in total. The first kappa shape index (κ1) is 14.2. The molecule has 0 radical (unpaired) electrons. The van der Waals surface area contributed by atoms with Crippen LogP contribution < -0.4 is 4.74 Å². The lowest BCUT2D eigenvalue weighted by Gasteiger charge is -2.37. The molecule has 1 aromatic rings. The minimum absolute atomic E-state index is 0.0140. The Morgan fingerprint density at radius 3 is 2.81 bits per heavy atom. The van der Waals surface area contributed by atoms with Gasteiger partial charge in [-0.25, -0.2) is 4.79 Å². The van der Waals surface area contributed by atoms with Gasteiger partial charge in [0.25, 0.3) is 0 Å². The second-order valence-corrected chi connectivity index (χ2v) is 5.74. The maximum atomic E-state index is 11.7. The van der Waals surface area contributed by atoms with Crippen LogP contribution in [0.5, 0.6) is 11.5 Å². The first-order valence-electron chi connectivity index (χ1n) is 7.50. The molecule has 3 rings (SSSR count). The molecule has 1 aliphatic carbocycles. The number of carbonyl (C=O) groups excluding carboxylic acids is 1. The van der Waals surface area contributed by atoms with Crippen LogP contribution >= 0.6 is 0 Å². The molecule has 114 valence electrons. The summed E-state index contributed by atoms with van der Waals surface area (Å²) in [5.74, 6) is 0.122. The van der Waals surface area contributed by atoms with Gasteiger partial charge in [0.05, 0.1) is 12.7 Å². The average molecular weight is 291 g/mol. The summed E-state index contributed by atoms with van der Waals surface area (Å²) in [6.45, 7) is 1.17. The summed E-state index contributed by atoms with van der Waals surface area (Å²) >= 11 is 0. The van der Waals surface area contributed by atoms with Gasteiger partial charge in [0.15, 0.2) is 0 Å². The number of esters is 1. The van der Waals surface area contributed by atoms with E-state index >= 15 is 0 Å². The fourth-order valence-corrected chi connectivity index (χ4v) is 3.26. The highest BCUT2D eigenvalue weighted by molar-refractivity contribution is 5.93. The van der Waals surface area contributed by atoms with Gasteiger partial charge in [-0.05, 0) is 25.0 Å². The smallest absolute Gasteiger partial charge is 0.341 e. The molecule has 1 saturated carbocycles. The van der Waals surface area contributed by atoms with Crippen LogP contribution in [0.1, 0.15) is 48.0 Å². The summed E-state index contributed by atoms with van der Waals surface area (Å²) < 4.78 is 10.5. The van der Waals surface area contributed by atoms with E-state index in [1.54, 1.807) is 12.1 Å². The normalized spacial score (nSPS) is 19.7. The zero-order chi connectivity index (χ0) is 14.8. The van der Waals surface area contributed by atoms with Gasteiger partial charge < -0.3 is 14.6 Å². The summed E-state index contributed by atoms with van der Waals surface area (Å²) in [6.07, 6.45) is 6.16. The molecule has 0 unspecified atom stereocenters. The summed E-state index contributed by atoms with van der Waals surface area (Å²) in [4.78, 5) is 13.9.